The number of fused-ring (bicyclic) bond motifs is 17. The minimum absolute atomic E-state index is 0.626. The Balaban J connectivity index is 1.12. The van der Waals surface area contributed by atoms with Crippen LogP contribution in [0.1, 0.15) is 22.3 Å². The lowest BCUT2D eigenvalue weighted by Gasteiger charge is -2.35. The second kappa shape index (κ2) is 12.1. The summed E-state index contributed by atoms with van der Waals surface area (Å²) in [7, 11) is 0. The van der Waals surface area contributed by atoms with Crippen LogP contribution >= 0.6 is 0 Å². The van der Waals surface area contributed by atoms with Crippen molar-refractivity contribution in [3.05, 3.63) is 229 Å². The third-order valence-corrected chi connectivity index (χ3v) is 12.8. The molecule has 0 saturated carbocycles. The summed E-state index contributed by atoms with van der Waals surface area (Å²) in [5.74, 6) is 0.926. The molecular formula is C56H34N2O. The molecule has 0 saturated heterocycles. The summed E-state index contributed by atoms with van der Waals surface area (Å²) in [6, 6.07) is 75.1. The van der Waals surface area contributed by atoms with E-state index >= 15 is 0 Å². The van der Waals surface area contributed by atoms with E-state index in [1.54, 1.807) is 0 Å². The first kappa shape index (κ1) is 32.3. The Kier molecular flexibility index (Phi) is 6.65. The largest absolute Gasteiger partial charge is 0.456 e. The van der Waals surface area contributed by atoms with Crippen molar-refractivity contribution in [2.75, 3.05) is 0 Å². The molecule has 13 rings (SSSR count). The van der Waals surface area contributed by atoms with E-state index in [4.69, 9.17) is 9.40 Å². The third kappa shape index (κ3) is 4.39. The monoisotopic (exact) mass is 750 g/mol. The minimum atomic E-state index is -0.626. The van der Waals surface area contributed by atoms with Gasteiger partial charge in [0.1, 0.15) is 17.0 Å². The summed E-state index contributed by atoms with van der Waals surface area (Å²) in [5.41, 5.74) is 20.3. The highest BCUT2D eigenvalue weighted by atomic mass is 16.3. The van der Waals surface area contributed by atoms with Crippen molar-refractivity contribution in [3.8, 4) is 61.6 Å². The van der Waals surface area contributed by atoms with E-state index < -0.39 is 5.41 Å². The van der Waals surface area contributed by atoms with E-state index in [1.165, 1.54) is 61.0 Å². The maximum atomic E-state index is 6.55. The minimum Gasteiger partial charge on any atom is -0.456 e. The molecule has 2 heterocycles. The van der Waals surface area contributed by atoms with E-state index in [0.717, 1.165) is 55.8 Å². The van der Waals surface area contributed by atoms with Crippen LogP contribution in [0.25, 0.3) is 94.6 Å². The molecule has 0 bridgehead atoms. The van der Waals surface area contributed by atoms with Gasteiger partial charge in [0.2, 0.25) is 0 Å². The van der Waals surface area contributed by atoms with Gasteiger partial charge >= 0.3 is 0 Å². The fourth-order valence-corrected chi connectivity index (χ4v) is 10.5. The standard InChI is InChI=1S/C56H34N2O/c1-3-15-35(16-4-1)55-57-49-34-37(28-31-50(49)58(55)38-17-5-2-6-18-38)36-27-29-42-40-20-8-7-19-39(40)41-21-9-12-24-45(41)56(48(42)33-36)46-25-13-10-22-43(46)53-47(56)30-32-52-54(53)44-23-11-14-26-51(44)59-52/h1-34H. The molecular weight excluding hydrogens is 717 g/mol. The average molecular weight is 751 g/mol. The SMILES string of the molecule is c1ccc(-c2nc3cc(-c4ccc5c(c4)C4(c6ccccc6-c6ccccc6-5)c5ccccc5-c5c4ccc4oc6ccccc6c54)ccc3n2-c2ccccc2)cc1. The molecule has 3 heteroatoms. The summed E-state index contributed by atoms with van der Waals surface area (Å²) < 4.78 is 8.83. The number of nitrogens with zero attached hydrogens (tertiary/aromatic N) is 2. The first-order valence-electron chi connectivity index (χ1n) is 20.3. The molecule has 11 aromatic rings. The highest BCUT2D eigenvalue weighted by molar-refractivity contribution is 6.16. The van der Waals surface area contributed by atoms with Crippen LogP contribution in [-0.4, -0.2) is 9.55 Å². The van der Waals surface area contributed by atoms with Gasteiger partial charge in [0.05, 0.1) is 16.4 Å². The summed E-state index contributed by atoms with van der Waals surface area (Å²) in [4.78, 5) is 5.34. The van der Waals surface area contributed by atoms with Gasteiger partial charge in [0.25, 0.3) is 0 Å². The van der Waals surface area contributed by atoms with E-state index in [1.807, 2.05) is 0 Å². The number of imidazole rings is 1. The van der Waals surface area contributed by atoms with Crippen LogP contribution in [0.4, 0.5) is 0 Å². The number of aromatic nitrogens is 2. The molecule has 1 unspecified atom stereocenters. The third-order valence-electron chi connectivity index (χ3n) is 12.8. The topological polar surface area (TPSA) is 31.0 Å². The molecule has 0 aliphatic heterocycles. The van der Waals surface area contributed by atoms with Crippen LogP contribution in [0.15, 0.2) is 211 Å². The number of para-hydroxylation sites is 2. The summed E-state index contributed by atoms with van der Waals surface area (Å²) in [6.45, 7) is 0. The number of benzene rings is 9. The second-order valence-electron chi connectivity index (χ2n) is 15.8. The predicted molar refractivity (Wildman–Crippen MR) is 241 cm³/mol. The Morgan fingerprint density at radius 1 is 0.407 bits per heavy atom. The lowest BCUT2D eigenvalue weighted by molar-refractivity contribution is 0.668. The molecule has 0 N–H and O–H groups in total. The number of hydrogen-bond donors (Lipinski definition) is 0. The van der Waals surface area contributed by atoms with Gasteiger partial charge in [-0.3, -0.25) is 4.57 Å². The van der Waals surface area contributed by atoms with Crippen molar-refractivity contribution in [3.63, 3.8) is 0 Å². The van der Waals surface area contributed by atoms with Crippen LogP contribution in [0.5, 0.6) is 0 Å². The van der Waals surface area contributed by atoms with Gasteiger partial charge < -0.3 is 4.42 Å². The summed E-state index contributed by atoms with van der Waals surface area (Å²) >= 11 is 0. The Morgan fingerprint density at radius 3 is 1.81 bits per heavy atom. The van der Waals surface area contributed by atoms with Crippen LogP contribution in [0.3, 0.4) is 0 Å². The first-order chi connectivity index (χ1) is 29.3. The zero-order valence-corrected chi connectivity index (χ0v) is 31.9. The number of hydrogen-bond acceptors (Lipinski definition) is 2. The van der Waals surface area contributed by atoms with Crippen molar-refractivity contribution in [1.29, 1.82) is 0 Å². The Bertz CT molecular complexity index is 3500. The molecule has 59 heavy (non-hydrogen) atoms. The molecule has 274 valence electrons. The zero-order chi connectivity index (χ0) is 38.7. The Hall–Kier alpha value is -7.75. The van der Waals surface area contributed by atoms with E-state index in [-0.39, 0.29) is 0 Å². The molecule has 0 fully saturated rings. The molecule has 9 aromatic carbocycles. The number of furan rings is 1. The lowest BCUT2D eigenvalue weighted by Crippen LogP contribution is -2.29. The highest BCUT2D eigenvalue weighted by Crippen LogP contribution is 2.63. The Morgan fingerprint density at radius 2 is 1.02 bits per heavy atom. The molecule has 0 amide bonds. The molecule has 2 aliphatic carbocycles. The van der Waals surface area contributed by atoms with E-state index in [0.29, 0.717) is 0 Å². The fraction of sp³-hybridized carbons (Fsp3) is 0.0179. The smallest absolute Gasteiger partial charge is 0.145 e. The molecule has 2 aromatic heterocycles. The van der Waals surface area contributed by atoms with Gasteiger partial charge in [-0.2, -0.15) is 0 Å². The van der Waals surface area contributed by atoms with E-state index in [2.05, 4.69) is 211 Å². The summed E-state index contributed by atoms with van der Waals surface area (Å²) in [6.07, 6.45) is 0. The fourth-order valence-electron chi connectivity index (χ4n) is 10.5. The van der Waals surface area contributed by atoms with Crippen LogP contribution < -0.4 is 0 Å². The molecule has 1 spiro atoms. The van der Waals surface area contributed by atoms with Crippen molar-refractivity contribution in [2.45, 2.75) is 5.41 Å². The normalized spacial score (nSPS) is 14.8. The van der Waals surface area contributed by atoms with Crippen LogP contribution in [0.2, 0.25) is 0 Å². The molecule has 2 aliphatic rings. The lowest BCUT2D eigenvalue weighted by atomic mass is 9.65. The van der Waals surface area contributed by atoms with Gasteiger partial charge in [-0.15, -0.1) is 0 Å². The maximum absolute atomic E-state index is 6.55. The van der Waals surface area contributed by atoms with Crippen LogP contribution in [0, 0.1) is 0 Å². The van der Waals surface area contributed by atoms with Gasteiger partial charge in [-0.25, -0.2) is 4.98 Å². The summed E-state index contributed by atoms with van der Waals surface area (Å²) in [5, 5.41) is 2.32. The number of rotatable bonds is 3. The first-order valence-corrected chi connectivity index (χ1v) is 20.3. The zero-order valence-electron chi connectivity index (χ0n) is 31.9. The van der Waals surface area contributed by atoms with E-state index in [9.17, 15) is 0 Å². The van der Waals surface area contributed by atoms with Gasteiger partial charge in [-0.1, -0.05) is 164 Å². The van der Waals surface area contributed by atoms with Crippen molar-refractivity contribution < 1.29 is 4.42 Å². The average Bonchev–Trinajstić information content (AvgIpc) is 3.95. The highest BCUT2D eigenvalue weighted by Gasteiger charge is 2.50. The van der Waals surface area contributed by atoms with Crippen molar-refractivity contribution in [2.24, 2.45) is 0 Å². The van der Waals surface area contributed by atoms with Gasteiger partial charge in [0, 0.05) is 22.0 Å². The molecule has 1 atom stereocenters. The van der Waals surface area contributed by atoms with Crippen molar-refractivity contribution >= 4 is 33.0 Å². The van der Waals surface area contributed by atoms with Crippen molar-refractivity contribution in [1.82, 2.24) is 9.55 Å². The van der Waals surface area contributed by atoms with Gasteiger partial charge in [0.15, 0.2) is 0 Å². The Labute approximate surface area is 341 Å². The molecule has 0 radical (unpaired) electrons. The quantitative estimate of drug-likeness (QED) is 0.180. The van der Waals surface area contributed by atoms with Crippen LogP contribution in [-0.2, 0) is 5.41 Å². The van der Waals surface area contributed by atoms with Gasteiger partial charge in [-0.05, 0) is 109 Å². The second-order valence-corrected chi connectivity index (χ2v) is 15.8. The molecule has 3 nitrogen and oxygen atoms in total. The predicted octanol–water partition coefficient (Wildman–Crippen LogP) is 14.3. The maximum Gasteiger partial charge on any atom is 0.145 e.